The van der Waals surface area contributed by atoms with E-state index >= 15 is 0 Å². The Morgan fingerprint density at radius 2 is 1.94 bits per heavy atom. The highest BCUT2D eigenvalue weighted by Crippen LogP contribution is 2.35. The van der Waals surface area contributed by atoms with Crippen molar-refractivity contribution in [3.05, 3.63) is 0 Å². The molecule has 1 saturated carbocycles. The molecular weight excluding hydrogens is 208 g/mol. The molecule has 2 N–H and O–H groups in total. The Bertz CT molecular complexity index is 250. The van der Waals surface area contributed by atoms with Crippen molar-refractivity contribution in [2.24, 2.45) is 28.9 Å². The summed E-state index contributed by atoms with van der Waals surface area (Å²) in [6, 6.07) is 0.428. The lowest BCUT2D eigenvalue weighted by molar-refractivity contribution is 0.124. The molecule has 100 valence electrons. The maximum atomic E-state index is 6.38. The van der Waals surface area contributed by atoms with Crippen LogP contribution in [0.15, 0.2) is 0 Å². The Kier molecular flexibility index (Phi) is 3.84. The zero-order chi connectivity index (χ0) is 12.6. The van der Waals surface area contributed by atoms with E-state index in [0.29, 0.717) is 11.5 Å². The number of rotatable bonds is 2. The average Bonchev–Trinajstić information content (AvgIpc) is 2.52. The SMILES string of the molecule is CC1CC(C)C(CN2CCC(C)(C)C2)C(N)C1. The lowest BCUT2D eigenvalue weighted by Gasteiger charge is -2.40. The Balaban J connectivity index is 1.90. The zero-order valence-corrected chi connectivity index (χ0v) is 12.1. The van der Waals surface area contributed by atoms with Crippen LogP contribution in [-0.4, -0.2) is 30.6 Å². The lowest BCUT2D eigenvalue weighted by atomic mass is 9.72. The molecule has 0 aromatic heterocycles. The van der Waals surface area contributed by atoms with Gasteiger partial charge in [0.25, 0.3) is 0 Å². The van der Waals surface area contributed by atoms with Crippen molar-refractivity contribution in [3.63, 3.8) is 0 Å². The first kappa shape index (κ1) is 13.4. The van der Waals surface area contributed by atoms with Crippen molar-refractivity contribution in [3.8, 4) is 0 Å². The summed E-state index contributed by atoms with van der Waals surface area (Å²) < 4.78 is 0. The van der Waals surface area contributed by atoms with E-state index in [0.717, 1.165) is 17.8 Å². The largest absolute Gasteiger partial charge is 0.327 e. The smallest absolute Gasteiger partial charge is 0.00844 e. The molecule has 17 heavy (non-hydrogen) atoms. The van der Waals surface area contributed by atoms with Gasteiger partial charge in [0.05, 0.1) is 0 Å². The van der Waals surface area contributed by atoms with Crippen LogP contribution in [0.25, 0.3) is 0 Å². The van der Waals surface area contributed by atoms with Gasteiger partial charge in [0.1, 0.15) is 0 Å². The fraction of sp³-hybridized carbons (Fsp3) is 1.00. The second-order valence-electron chi connectivity index (χ2n) is 7.53. The molecule has 0 bridgehead atoms. The van der Waals surface area contributed by atoms with E-state index in [1.807, 2.05) is 0 Å². The molecule has 2 aliphatic rings. The highest BCUT2D eigenvalue weighted by Gasteiger charge is 2.36. The third-order valence-electron chi connectivity index (χ3n) is 4.95. The van der Waals surface area contributed by atoms with Gasteiger partial charge in [-0.05, 0) is 49.0 Å². The molecule has 1 heterocycles. The van der Waals surface area contributed by atoms with Gasteiger partial charge in [-0.1, -0.05) is 27.7 Å². The van der Waals surface area contributed by atoms with Gasteiger partial charge in [-0.2, -0.15) is 0 Å². The van der Waals surface area contributed by atoms with Gasteiger partial charge in [-0.3, -0.25) is 0 Å². The Labute approximate surface area is 107 Å². The third-order valence-corrected chi connectivity index (χ3v) is 4.95. The number of likely N-dealkylation sites (tertiary alicyclic amines) is 1. The molecule has 0 spiro atoms. The Morgan fingerprint density at radius 3 is 2.47 bits per heavy atom. The average molecular weight is 238 g/mol. The van der Waals surface area contributed by atoms with Gasteiger partial charge in [-0.25, -0.2) is 0 Å². The van der Waals surface area contributed by atoms with E-state index in [-0.39, 0.29) is 0 Å². The summed E-state index contributed by atoms with van der Waals surface area (Å²) in [5.74, 6) is 2.35. The summed E-state index contributed by atoms with van der Waals surface area (Å²) in [7, 11) is 0. The minimum Gasteiger partial charge on any atom is -0.327 e. The topological polar surface area (TPSA) is 29.3 Å². The van der Waals surface area contributed by atoms with E-state index < -0.39 is 0 Å². The first-order valence-electron chi connectivity index (χ1n) is 7.35. The summed E-state index contributed by atoms with van der Waals surface area (Å²) in [4.78, 5) is 2.65. The minimum atomic E-state index is 0.428. The first-order chi connectivity index (χ1) is 7.87. The molecule has 1 saturated heterocycles. The molecule has 0 amide bonds. The van der Waals surface area contributed by atoms with E-state index in [2.05, 4.69) is 32.6 Å². The van der Waals surface area contributed by atoms with Gasteiger partial charge < -0.3 is 10.6 Å². The molecular formula is C15H30N2. The van der Waals surface area contributed by atoms with Crippen LogP contribution < -0.4 is 5.73 Å². The molecule has 2 rings (SSSR count). The molecule has 2 heteroatoms. The van der Waals surface area contributed by atoms with Crippen molar-refractivity contribution < 1.29 is 0 Å². The van der Waals surface area contributed by atoms with E-state index in [4.69, 9.17) is 5.73 Å². The number of nitrogens with zero attached hydrogens (tertiary/aromatic N) is 1. The summed E-state index contributed by atoms with van der Waals surface area (Å²) >= 11 is 0. The first-order valence-corrected chi connectivity index (χ1v) is 7.35. The normalized spacial score (nSPS) is 42.9. The van der Waals surface area contributed by atoms with Crippen molar-refractivity contribution in [2.75, 3.05) is 19.6 Å². The maximum Gasteiger partial charge on any atom is 0.00844 e. The number of hydrogen-bond donors (Lipinski definition) is 1. The van der Waals surface area contributed by atoms with Gasteiger partial charge >= 0.3 is 0 Å². The monoisotopic (exact) mass is 238 g/mol. The van der Waals surface area contributed by atoms with Crippen LogP contribution in [0.4, 0.5) is 0 Å². The maximum absolute atomic E-state index is 6.38. The highest BCUT2D eigenvalue weighted by atomic mass is 15.2. The minimum absolute atomic E-state index is 0.428. The van der Waals surface area contributed by atoms with Gasteiger partial charge in [0.2, 0.25) is 0 Å². The molecule has 0 aromatic rings. The Hall–Kier alpha value is -0.0800. The van der Waals surface area contributed by atoms with Crippen molar-refractivity contribution in [2.45, 2.75) is 53.0 Å². The third kappa shape index (κ3) is 3.23. The molecule has 2 nitrogen and oxygen atoms in total. The van der Waals surface area contributed by atoms with Crippen LogP contribution in [0.2, 0.25) is 0 Å². The van der Waals surface area contributed by atoms with Crippen LogP contribution in [0.1, 0.15) is 47.0 Å². The molecule has 1 aliphatic carbocycles. The van der Waals surface area contributed by atoms with Crippen LogP contribution in [-0.2, 0) is 0 Å². The quantitative estimate of drug-likeness (QED) is 0.801. The summed E-state index contributed by atoms with van der Waals surface area (Å²) in [6.45, 7) is 13.3. The summed E-state index contributed by atoms with van der Waals surface area (Å²) in [5.41, 5.74) is 6.90. The van der Waals surface area contributed by atoms with Crippen molar-refractivity contribution in [1.29, 1.82) is 0 Å². The molecule has 0 aromatic carbocycles. The fourth-order valence-corrected chi connectivity index (χ4v) is 3.96. The molecule has 4 atom stereocenters. The molecule has 2 fully saturated rings. The fourth-order valence-electron chi connectivity index (χ4n) is 3.96. The lowest BCUT2D eigenvalue weighted by Crippen LogP contribution is -2.46. The standard InChI is InChI=1S/C15H30N2/c1-11-7-12(2)13(14(16)8-11)9-17-6-5-15(3,4)10-17/h11-14H,5-10,16H2,1-4H3. The van der Waals surface area contributed by atoms with Crippen LogP contribution in [0.5, 0.6) is 0 Å². The van der Waals surface area contributed by atoms with Crippen LogP contribution in [0, 0.1) is 23.2 Å². The van der Waals surface area contributed by atoms with E-state index in [9.17, 15) is 0 Å². The van der Waals surface area contributed by atoms with Crippen molar-refractivity contribution in [1.82, 2.24) is 4.90 Å². The predicted octanol–water partition coefficient (Wildman–Crippen LogP) is 2.73. The van der Waals surface area contributed by atoms with E-state index in [1.54, 1.807) is 0 Å². The summed E-state index contributed by atoms with van der Waals surface area (Å²) in [5, 5.41) is 0. The van der Waals surface area contributed by atoms with Crippen molar-refractivity contribution >= 4 is 0 Å². The van der Waals surface area contributed by atoms with Crippen LogP contribution >= 0.6 is 0 Å². The second kappa shape index (κ2) is 4.89. The van der Waals surface area contributed by atoms with E-state index in [1.165, 1.54) is 38.9 Å². The van der Waals surface area contributed by atoms with Crippen LogP contribution in [0.3, 0.4) is 0 Å². The number of nitrogens with two attached hydrogens (primary N) is 1. The second-order valence-corrected chi connectivity index (χ2v) is 7.53. The zero-order valence-electron chi connectivity index (χ0n) is 12.1. The highest BCUT2D eigenvalue weighted by molar-refractivity contribution is 4.90. The van der Waals surface area contributed by atoms with Gasteiger partial charge in [-0.15, -0.1) is 0 Å². The Morgan fingerprint density at radius 1 is 1.24 bits per heavy atom. The van der Waals surface area contributed by atoms with Gasteiger partial charge in [0, 0.05) is 19.1 Å². The number of hydrogen-bond acceptors (Lipinski definition) is 2. The van der Waals surface area contributed by atoms with Gasteiger partial charge in [0.15, 0.2) is 0 Å². The molecule has 1 aliphatic heterocycles. The summed E-state index contributed by atoms with van der Waals surface area (Å²) in [6.07, 6.45) is 3.95. The predicted molar refractivity (Wildman–Crippen MR) is 73.9 cm³/mol. The molecule has 4 unspecified atom stereocenters. The molecule has 0 radical (unpaired) electrons.